The fourth-order valence-corrected chi connectivity index (χ4v) is 5.19. The Labute approximate surface area is 128 Å². The van der Waals surface area contributed by atoms with Crippen LogP contribution in [-0.2, 0) is 21.4 Å². The van der Waals surface area contributed by atoms with Gasteiger partial charge < -0.3 is 5.32 Å². The fraction of sp³-hybridized carbons (Fsp3) is 0.538. The lowest BCUT2D eigenvalue weighted by atomic mass is 9.96. The Morgan fingerprint density at radius 2 is 2.19 bits per heavy atom. The van der Waals surface area contributed by atoms with E-state index in [0.717, 1.165) is 17.8 Å². The number of benzene rings is 1. The van der Waals surface area contributed by atoms with Crippen LogP contribution in [0.15, 0.2) is 31.8 Å². The highest BCUT2D eigenvalue weighted by atomic mass is 32.2. The van der Waals surface area contributed by atoms with Crippen molar-refractivity contribution >= 4 is 32.8 Å². The minimum atomic E-state index is -3.51. The summed E-state index contributed by atoms with van der Waals surface area (Å²) in [6.07, 6.45) is 0.822. The summed E-state index contributed by atoms with van der Waals surface area (Å²) in [6, 6.07) is 5.50. The molecule has 21 heavy (non-hydrogen) atoms. The Morgan fingerprint density at radius 1 is 1.38 bits per heavy atom. The maximum Gasteiger partial charge on any atom is 0.245 e. The van der Waals surface area contributed by atoms with E-state index in [1.807, 2.05) is 7.05 Å². The lowest BCUT2D eigenvalue weighted by Crippen LogP contribution is -2.49. The summed E-state index contributed by atoms with van der Waals surface area (Å²) in [7, 11) is -1.59. The molecule has 0 saturated carbocycles. The van der Waals surface area contributed by atoms with Crippen molar-refractivity contribution in [2.75, 3.05) is 20.1 Å². The van der Waals surface area contributed by atoms with Crippen LogP contribution in [0.3, 0.4) is 0 Å². The van der Waals surface area contributed by atoms with Gasteiger partial charge in [-0.05, 0) is 31.5 Å². The van der Waals surface area contributed by atoms with Gasteiger partial charge in [0, 0.05) is 19.1 Å². The van der Waals surface area contributed by atoms with Crippen LogP contribution >= 0.6 is 0 Å². The van der Waals surface area contributed by atoms with Crippen LogP contribution in [0, 0.1) is 5.92 Å². The van der Waals surface area contributed by atoms with Gasteiger partial charge in [-0.3, -0.25) is 0 Å². The third kappa shape index (κ3) is 2.57. The van der Waals surface area contributed by atoms with Gasteiger partial charge in [0.1, 0.15) is 16.3 Å². The Kier molecular flexibility index (Phi) is 3.96. The maximum absolute atomic E-state index is 12.9. The average Bonchev–Trinajstić information content (AvgIpc) is 2.95. The van der Waals surface area contributed by atoms with Gasteiger partial charge in [0.05, 0.1) is 11.4 Å². The SMILES string of the molecule is CNC1CCN(S(=O)(=O)c2cccc3c2N=S=N3)CC1C. The first-order valence-corrected chi connectivity index (χ1v) is 9.10. The summed E-state index contributed by atoms with van der Waals surface area (Å²) in [5.74, 6) is 0.284. The van der Waals surface area contributed by atoms with Gasteiger partial charge >= 0.3 is 0 Å². The van der Waals surface area contributed by atoms with Gasteiger partial charge in [-0.2, -0.15) is 13.0 Å². The van der Waals surface area contributed by atoms with Gasteiger partial charge in [-0.1, -0.05) is 13.0 Å². The van der Waals surface area contributed by atoms with Crippen molar-refractivity contribution in [1.29, 1.82) is 0 Å². The zero-order chi connectivity index (χ0) is 15.0. The van der Waals surface area contributed by atoms with Crippen molar-refractivity contribution in [1.82, 2.24) is 9.62 Å². The molecular formula is C13H18N4O2S2. The molecule has 2 heterocycles. The number of hydrogen-bond donors (Lipinski definition) is 1. The van der Waals surface area contributed by atoms with Crippen molar-refractivity contribution in [3.8, 4) is 0 Å². The first-order chi connectivity index (χ1) is 10.0. The van der Waals surface area contributed by atoms with Crippen molar-refractivity contribution in [3.63, 3.8) is 0 Å². The molecule has 2 atom stereocenters. The highest BCUT2D eigenvalue weighted by Crippen LogP contribution is 2.39. The molecule has 1 saturated heterocycles. The van der Waals surface area contributed by atoms with E-state index < -0.39 is 10.0 Å². The third-order valence-electron chi connectivity index (χ3n) is 4.11. The average molecular weight is 326 g/mol. The van der Waals surface area contributed by atoms with E-state index >= 15 is 0 Å². The van der Waals surface area contributed by atoms with E-state index in [2.05, 4.69) is 21.0 Å². The van der Waals surface area contributed by atoms with Crippen molar-refractivity contribution < 1.29 is 8.42 Å². The molecule has 1 aromatic rings. The number of nitrogens with zero attached hydrogens (tertiary/aromatic N) is 3. The van der Waals surface area contributed by atoms with Crippen molar-refractivity contribution in [2.24, 2.45) is 14.6 Å². The van der Waals surface area contributed by atoms with E-state index in [1.165, 1.54) is 0 Å². The summed E-state index contributed by atoms with van der Waals surface area (Å²) in [5.41, 5.74) is 1.12. The van der Waals surface area contributed by atoms with Gasteiger partial charge in [0.15, 0.2) is 0 Å². The van der Waals surface area contributed by atoms with Gasteiger partial charge in [0.2, 0.25) is 10.0 Å². The Balaban J connectivity index is 1.92. The molecule has 0 bridgehead atoms. The molecule has 6 nitrogen and oxygen atoms in total. The monoisotopic (exact) mass is 326 g/mol. The number of fused-ring (bicyclic) bond motifs is 1. The third-order valence-corrected chi connectivity index (χ3v) is 6.54. The number of nitrogens with one attached hydrogen (secondary N) is 1. The van der Waals surface area contributed by atoms with Crippen LogP contribution in [0.1, 0.15) is 13.3 Å². The summed E-state index contributed by atoms with van der Waals surface area (Å²) in [5, 5.41) is 3.25. The highest BCUT2D eigenvalue weighted by molar-refractivity contribution is 7.89. The maximum atomic E-state index is 12.9. The predicted octanol–water partition coefficient (Wildman–Crippen LogP) is 2.03. The first-order valence-electron chi connectivity index (χ1n) is 6.92. The second-order valence-corrected chi connectivity index (χ2v) is 7.85. The van der Waals surface area contributed by atoms with Crippen LogP contribution in [0.4, 0.5) is 11.4 Å². The van der Waals surface area contributed by atoms with Crippen molar-refractivity contribution in [2.45, 2.75) is 24.3 Å². The fourth-order valence-electron chi connectivity index (χ4n) is 2.88. The molecule has 2 aliphatic rings. The quantitative estimate of drug-likeness (QED) is 0.938. The van der Waals surface area contributed by atoms with Gasteiger partial charge in [-0.25, -0.2) is 8.42 Å². The lowest BCUT2D eigenvalue weighted by Gasteiger charge is -2.36. The second kappa shape index (κ2) is 5.60. The molecular weight excluding hydrogens is 308 g/mol. The molecule has 3 rings (SSSR count). The Hall–Kier alpha value is -1.09. The molecule has 0 spiro atoms. The van der Waals surface area contributed by atoms with Crippen LogP contribution in [0.5, 0.6) is 0 Å². The second-order valence-electron chi connectivity index (χ2n) is 5.41. The Bertz CT molecular complexity index is 726. The zero-order valence-electron chi connectivity index (χ0n) is 12.0. The standard InChI is InChI=1S/C13H18N4O2S2/c1-9-8-17(7-6-10(9)14-2)21(18,19)12-5-3-4-11-13(12)16-20-15-11/h3-5,9-10,14H,6-8H2,1-2H3. The molecule has 0 aliphatic carbocycles. The highest BCUT2D eigenvalue weighted by Gasteiger charge is 2.34. The molecule has 1 N–H and O–H groups in total. The normalized spacial score (nSPS) is 25.6. The van der Waals surface area contributed by atoms with Crippen LogP contribution in [0.25, 0.3) is 0 Å². The lowest BCUT2D eigenvalue weighted by molar-refractivity contribution is 0.228. The van der Waals surface area contributed by atoms with Crippen LogP contribution < -0.4 is 5.32 Å². The van der Waals surface area contributed by atoms with E-state index in [0.29, 0.717) is 30.5 Å². The summed E-state index contributed by atoms with van der Waals surface area (Å²) in [4.78, 5) is 0.267. The number of rotatable bonds is 3. The molecule has 0 aromatic heterocycles. The summed E-state index contributed by atoms with van der Waals surface area (Å²) < 4.78 is 35.6. The van der Waals surface area contributed by atoms with E-state index in [9.17, 15) is 8.42 Å². The van der Waals surface area contributed by atoms with E-state index in [-0.39, 0.29) is 10.8 Å². The molecule has 1 fully saturated rings. The summed E-state index contributed by atoms with van der Waals surface area (Å²) in [6.45, 7) is 3.14. The van der Waals surface area contributed by atoms with Crippen LogP contribution in [-0.4, -0.2) is 38.9 Å². The first kappa shape index (κ1) is 14.8. The van der Waals surface area contributed by atoms with Gasteiger partial charge in [0.25, 0.3) is 0 Å². The number of sulfonamides is 1. The molecule has 0 radical (unpaired) electrons. The van der Waals surface area contributed by atoms with E-state index in [4.69, 9.17) is 0 Å². The smallest absolute Gasteiger partial charge is 0.245 e. The zero-order valence-corrected chi connectivity index (χ0v) is 13.6. The van der Waals surface area contributed by atoms with E-state index in [1.54, 1.807) is 22.5 Å². The van der Waals surface area contributed by atoms with Crippen molar-refractivity contribution in [3.05, 3.63) is 18.2 Å². The summed E-state index contributed by atoms with van der Waals surface area (Å²) >= 11 is 1.04. The topological polar surface area (TPSA) is 74.1 Å². The Morgan fingerprint density at radius 3 is 2.90 bits per heavy atom. The van der Waals surface area contributed by atoms with Gasteiger partial charge in [-0.15, -0.1) is 0 Å². The molecule has 114 valence electrons. The number of hydrogen-bond acceptors (Lipinski definition) is 5. The van der Waals surface area contributed by atoms with Crippen LogP contribution in [0.2, 0.25) is 0 Å². The molecule has 0 amide bonds. The largest absolute Gasteiger partial charge is 0.317 e. The molecule has 1 aromatic carbocycles. The molecule has 2 aliphatic heterocycles. The molecule has 8 heteroatoms. The minimum absolute atomic E-state index is 0.267. The number of piperidine rings is 1. The predicted molar refractivity (Wildman–Crippen MR) is 83.4 cm³/mol. The molecule has 2 unspecified atom stereocenters. The minimum Gasteiger partial charge on any atom is -0.317 e.